The number of rotatable bonds is 6. The maximum absolute atomic E-state index is 12.6. The number of nitrogens with zero attached hydrogens (tertiary/aromatic N) is 4. The van der Waals surface area contributed by atoms with E-state index in [9.17, 15) is 18.5 Å². The number of nitro groups is 1. The predicted octanol–water partition coefficient (Wildman–Crippen LogP) is 2.73. The number of ether oxygens (including phenoxy) is 1. The second-order valence-corrected chi connectivity index (χ2v) is 7.70. The molecule has 27 heavy (non-hydrogen) atoms. The maximum Gasteiger partial charge on any atom is 0.312 e. The number of nitro benzene ring substituents is 1. The van der Waals surface area contributed by atoms with Gasteiger partial charge in [0.25, 0.3) is 10.0 Å². The number of sulfonamides is 1. The molecule has 2 aromatic heterocycles. The first-order valence-electron chi connectivity index (χ1n) is 7.91. The van der Waals surface area contributed by atoms with Crippen molar-refractivity contribution in [2.45, 2.75) is 24.8 Å². The average molecular weight is 391 g/mol. The number of hydrogen-bond acceptors (Lipinski definition) is 7. The third-order valence-electron chi connectivity index (χ3n) is 3.83. The highest BCUT2D eigenvalue weighted by Gasteiger charge is 2.22. The lowest BCUT2D eigenvalue weighted by Gasteiger charge is -2.10. The first-order chi connectivity index (χ1) is 12.7. The fraction of sp³-hybridized carbons (Fsp3) is 0.250. The summed E-state index contributed by atoms with van der Waals surface area (Å²) in [4.78, 5) is 14.4. The van der Waals surface area contributed by atoms with Crippen molar-refractivity contribution < 1.29 is 18.1 Å². The summed E-state index contributed by atoms with van der Waals surface area (Å²) in [5, 5.41) is 16.0. The van der Waals surface area contributed by atoms with Gasteiger partial charge in [-0.2, -0.15) is 5.10 Å². The van der Waals surface area contributed by atoms with E-state index < -0.39 is 20.6 Å². The molecular weight excluding hydrogens is 374 g/mol. The van der Waals surface area contributed by atoms with Crippen LogP contribution in [-0.4, -0.2) is 35.2 Å². The fourth-order valence-corrected chi connectivity index (χ4v) is 3.62. The molecule has 0 radical (unpaired) electrons. The number of anilines is 1. The van der Waals surface area contributed by atoms with Crippen LogP contribution < -0.4 is 9.46 Å². The predicted molar refractivity (Wildman–Crippen MR) is 98.4 cm³/mol. The lowest BCUT2D eigenvalue weighted by Crippen LogP contribution is -2.13. The van der Waals surface area contributed by atoms with Gasteiger partial charge in [0.15, 0.2) is 11.4 Å². The van der Waals surface area contributed by atoms with Gasteiger partial charge in [-0.25, -0.2) is 18.1 Å². The van der Waals surface area contributed by atoms with Crippen LogP contribution in [0.5, 0.6) is 5.75 Å². The number of pyridine rings is 1. The molecule has 142 valence electrons. The Labute approximate surface area is 155 Å². The summed E-state index contributed by atoms with van der Waals surface area (Å²) >= 11 is 0. The van der Waals surface area contributed by atoms with Crippen molar-refractivity contribution in [3.05, 3.63) is 46.8 Å². The molecule has 10 nitrogen and oxygen atoms in total. The summed E-state index contributed by atoms with van der Waals surface area (Å²) in [6, 6.07) is 5.13. The fourth-order valence-electron chi connectivity index (χ4n) is 2.57. The molecule has 0 aliphatic carbocycles. The Balaban J connectivity index is 1.96. The number of benzene rings is 1. The average Bonchev–Trinajstić information content (AvgIpc) is 3.04. The van der Waals surface area contributed by atoms with Crippen LogP contribution in [0.15, 0.2) is 41.6 Å². The van der Waals surface area contributed by atoms with Crippen LogP contribution in [0.2, 0.25) is 0 Å². The lowest BCUT2D eigenvalue weighted by molar-refractivity contribution is -0.386. The molecule has 0 saturated carbocycles. The third-order valence-corrected chi connectivity index (χ3v) is 5.21. The van der Waals surface area contributed by atoms with E-state index in [1.54, 1.807) is 16.9 Å². The molecule has 0 unspecified atom stereocenters. The van der Waals surface area contributed by atoms with Crippen molar-refractivity contribution in [1.29, 1.82) is 0 Å². The minimum absolute atomic E-state index is 0.0249. The maximum atomic E-state index is 12.6. The first kappa shape index (κ1) is 18.6. The van der Waals surface area contributed by atoms with Gasteiger partial charge in [0.05, 0.1) is 35.0 Å². The number of nitrogens with one attached hydrogen (secondary N) is 1. The number of methoxy groups -OCH3 is 1. The van der Waals surface area contributed by atoms with Gasteiger partial charge in [0.1, 0.15) is 0 Å². The quantitative estimate of drug-likeness (QED) is 0.505. The van der Waals surface area contributed by atoms with Crippen molar-refractivity contribution >= 4 is 32.4 Å². The molecule has 0 aliphatic rings. The van der Waals surface area contributed by atoms with E-state index in [0.29, 0.717) is 11.0 Å². The zero-order valence-electron chi connectivity index (χ0n) is 14.8. The van der Waals surface area contributed by atoms with Gasteiger partial charge in [-0.15, -0.1) is 0 Å². The van der Waals surface area contributed by atoms with Gasteiger partial charge in [0, 0.05) is 17.5 Å². The lowest BCUT2D eigenvalue weighted by atomic mass is 10.3. The van der Waals surface area contributed by atoms with Crippen LogP contribution >= 0.6 is 0 Å². The SMILES string of the molecule is COc1ccc(S(=O)(=O)Nc2cnc3c(cnn3C(C)C)c2)cc1[N+](=O)[O-]. The Morgan fingerprint density at radius 3 is 2.63 bits per heavy atom. The number of aromatic nitrogens is 3. The number of fused-ring (bicyclic) bond motifs is 1. The summed E-state index contributed by atoms with van der Waals surface area (Å²) in [5.41, 5.74) is 0.421. The van der Waals surface area contributed by atoms with Crippen LogP contribution in [0.4, 0.5) is 11.4 Å². The molecule has 0 bridgehead atoms. The van der Waals surface area contributed by atoms with Gasteiger partial charge in [0.2, 0.25) is 0 Å². The molecule has 11 heteroatoms. The monoisotopic (exact) mass is 391 g/mol. The molecule has 0 saturated heterocycles. The van der Waals surface area contributed by atoms with E-state index >= 15 is 0 Å². The van der Waals surface area contributed by atoms with Crippen molar-refractivity contribution in [3.8, 4) is 5.75 Å². The van der Waals surface area contributed by atoms with Crippen molar-refractivity contribution in [2.24, 2.45) is 0 Å². The zero-order chi connectivity index (χ0) is 19.8. The standard InChI is InChI=1S/C16H17N5O5S/c1-10(2)20-16-11(8-18-20)6-12(9-17-16)19-27(24,25)13-4-5-15(26-3)14(7-13)21(22)23/h4-10,19H,1-3H3. The van der Waals surface area contributed by atoms with Gasteiger partial charge >= 0.3 is 5.69 Å². The summed E-state index contributed by atoms with van der Waals surface area (Å²) in [6.07, 6.45) is 2.97. The Hall–Kier alpha value is -3.21. The summed E-state index contributed by atoms with van der Waals surface area (Å²) in [6.45, 7) is 3.92. The second-order valence-electron chi connectivity index (χ2n) is 6.02. The zero-order valence-corrected chi connectivity index (χ0v) is 15.6. The van der Waals surface area contributed by atoms with Gasteiger partial charge < -0.3 is 4.74 Å². The highest BCUT2D eigenvalue weighted by Crippen LogP contribution is 2.30. The summed E-state index contributed by atoms with van der Waals surface area (Å²) < 4.78 is 34.2. The minimum atomic E-state index is -4.05. The Kier molecular flexibility index (Phi) is 4.70. The van der Waals surface area contributed by atoms with Crippen LogP contribution in [-0.2, 0) is 10.0 Å². The van der Waals surface area contributed by atoms with Crippen molar-refractivity contribution in [2.75, 3.05) is 11.8 Å². The molecular formula is C16H17N5O5S. The Morgan fingerprint density at radius 2 is 2.00 bits per heavy atom. The van der Waals surface area contributed by atoms with Crippen molar-refractivity contribution in [1.82, 2.24) is 14.8 Å². The highest BCUT2D eigenvalue weighted by molar-refractivity contribution is 7.92. The molecule has 2 heterocycles. The smallest absolute Gasteiger partial charge is 0.312 e. The molecule has 3 rings (SSSR count). The molecule has 1 N–H and O–H groups in total. The van der Waals surface area contributed by atoms with E-state index in [-0.39, 0.29) is 22.4 Å². The number of hydrogen-bond donors (Lipinski definition) is 1. The highest BCUT2D eigenvalue weighted by atomic mass is 32.2. The first-order valence-corrected chi connectivity index (χ1v) is 9.40. The molecule has 1 aromatic carbocycles. The summed E-state index contributed by atoms with van der Waals surface area (Å²) in [5.74, 6) is -0.0249. The Bertz CT molecular complexity index is 1120. The molecule has 0 spiro atoms. The molecule has 0 atom stereocenters. The van der Waals surface area contributed by atoms with E-state index in [4.69, 9.17) is 4.74 Å². The van der Waals surface area contributed by atoms with Crippen molar-refractivity contribution in [3.63, 3.8) is 0 Å². The molecule has 3 aromatic rings. The molecule has 0 fully saturated rings. The normalized spacial score (nSPS) is 11.7. The topological polar surface area (TPSA) is 129 Å². The Morgan fingerprint density at radius 1 is 1.26 bits per heavy atom. The van der Waals surface area contributed by atoms with Gasteiger partial charge in [-0.05, 0) is 32.0 Å². The van der Waals surface area contributed by atoms with Crippen LogP contribution in [0.1, 0.15) is 19.9 Å². The van der Waals surface area contributed by atoms with E-state index in [2.05, 4.69) is 14.8 Å². The van der Waals surface area contributed by atoms with Crippen LogP contribution in [0.25, 0.3) is 11.0 Å². The van der Waals surface area contributed by atoms with Crippen LogP contribution in [0.3, 0.4) is 0 Å². The third kappa shape index (κ3) is 3.53. The molecule has 0 aliphatic heterocycles. The summed E-state index contributed by atoms with van der Waals surface area (Å²) in [7, 11) is -2.78. The van der Waals surface area contributed by atoms with E-state index in [1.165, 1.54) is 25.4 Å². The van der Waals surface area contributed by atoms with E-state index in [1.807, 2.05) is 13.8 Å². The minimum Gasteiger partial charge on any atom is -0.490 e. The van der Waals surface area contributed by atoms with Gasteiger partial charge in [-0.1, -0.05) is 0 Å². The van der Waals surface area contributed by atoms with Crippen LogP contribution in [0, 0.1) is 10.1 Å². The van der Waals surface area contributed by atoms with E-state index in [0.717, 1.165) is 6.07 Å². The largest absolute Gasteiger partial charge is 0.490 e. The molecule has 0 amide bonds. The second kappa shape index (κ2) is 6.83. The van der Waals surface area contributed by atoms with Gasteiger partial charge in [-0.3, -0.25) is 14.8 Å².